The number of thioether (sulfide) groups is 1. The Morgan fingerprint density at radius 3 is 2.81 bits per heavy atom. The molecule has 1 aromatic heterocycles. The molecule has 0 unspecified atom stereocenters. The van der Waals surface area contributed by atoms with Crippen LogP contribution in [-0.2, 0) is 27.1 Å². The van der Waals surface area contributed by atoms with Crippen LogP contribution < -0.4 is 10.0 Å². The number of nitrogens with zero attached hydrogens (tertiary/aromatic N) is 3. The molecule has 1 aliphatic heterocycles. The molecule has 0 aliphatic carbocycles. The van der Waals surface area contributed by atoms with Gasteiger partial charge in [-0.05, 0) is 43.0 Å². The number of para-hydroxylation sites is 2. The van der Waals surface area contributed by atoms with Gasteiger partial charge >= 0.3 is 0 Å². The first-order chi connectivity index (χ1) is 15.0. The SMILES string of the molecule is CSCc1nc2ccccc2n1CC(=O)Nc1cccc(S(=O)(=O)NC2=NCCC2)c1. The third-order valence-corrected chi connectivity index (χ3v) is 6.79. The average molecular weight is 458 g/mol. The molecule has 162 valence electrons. The van der Waals surface area contributed by atoms with Crippen LogP contribution in [0.1, 0.15) is 18.7 Å². The van der Waals surface area contributed by atoms with E-state index >= 15 is 0 Å². The van der Waals surface area contributed by atoms with Crippen molar-refractivity contribution in [2.75, 3.05) is 18.1 Å². The summed E-state index contributed by atoms with van der Waals surface area (Å²) in [5.41, 5.74) is 2.14. The predicted octanol–water partition coefficient (Wildman–Crippen LogP) is 3.01. The number of hydrogen-bond acceptors (Lipinski definition) is 6. The fraction of sp³-hybridized carbons (Fsp3) is 0.286. The number of amides is 1. The lowest BCUT2D eigenvalue weighted by Crippen LogP contribution is -2.29. The Labute approximate surface area is 185 Å². The number of rotatable bonds is 7. The third kappa shape index (κ3) is 4.91. The first-order valence-corrected chi connectivity index (χ1v) is 12.7. The lowest BCUT2D eigenvalue weighted by atomic mass is 10.3. The predicted molar refractivity (Wildman–Crippen MR) is 124 cm³/mol. The third-order valence-electron chi connectivity index (χ3n) is 4.86. The van der Waals surface area contributed by atoms with Gasteiger partial charge in [0, 0.05) is 18.7 Å². The zero-order valence-corrected chi connectivity index (χ0v) is 18.7. The number of hydrogen-bond donors (Lipinski definition) is 2. The molecule has 0 radical (unpaired) electrons. The van der Waals surface area contributed by atoms with Gasteiger partial charge in [0.25, 0.3) is 10.0 Å². The summed E-state index contributed by atoms with van der Waals surface area (Å²) in [6.07, 6.45) is 3.45. The Hall–Kier alpha value is -2.85. The number of sulfonamides is 1. The fourth-order valence-electron chi connectivity index (χ4n) is 3.46. The van der Waals surface area contributed by atoms with Crippen LogP contribution in [-0.4, -0.2) is 42.5 Å². The van der Waals surface area contributed by atoms with Gasteiger partial charge < -0.3 is 9.88 Å². The summed E-state index contributed by atoms with van der Waals surface area (Å²) < 4.78 is 29.7. The molecule has 1 aliphatic rings. The highest BCUT2D eigenvalue weighted by atomic mass is 32.2. The Morgan fingerprint density at radius 1 is 1.19 bits per heavy atom. The summed E-state index contributed by atoms with van der Waals surface area (Å²) in [6, 6.07) is 13.9. The quantitative estimate of drug-likeness (QED) is 0.567. The first-order valence-electron chi connectivity index (χ1n) is 9.85. The lowest BCUT2D eigenvalue weighted by Gasteiger charge is -2.11. The van der Waals surface area contributed by atoms with E-state index in [0.29, 0.717) is 30.2 Å². The molecular weight excluding hydrogens is 434 g/mol. The monoisotopic (exact) mass is 457 g/mol. The molecule has 1 amide bonds. The van der Waals surface area contributed by atoms with Crippen LogP contribution in [0.15, 0.2) is 58.4 Å². The number of benzene rings is 2. The number of anilines is 1. The van der Waals surface area contributed by atoms with Crippen LogP contribution in [0.5, 0.6) is 0 Å². The van der Waals surface area contributed by atoms with Crippen molar-refractivity contribution in [3.63, 3.8) is 0 Å². The topological polar surface area (TPSA) is 105 Å². The Morgan fingerprint density at radius 2 is 2.03 bits per heavy atom. The number of carbonyl (C=O) groups is 1. The Balaban J connectivity index is 1.51. The van der Waals surface area contributed by atoms with Crippen LogP contribution in [0.4, 0.5) is 5.69 Å². The molecule has 3 aromatic rings. The number of aliphatic imine (C=N–C) groups is 1. The zero-order valence-electron chi connectivity index (χ0n) is 17.0. The van der Waals surface area contributed by atoms with Gasteiger partial charge in [-0.2, -0.15) is 11.8 Å². The summed E-state index contributed by atoms with van der Waals surface area (Å²) in [5, 5.41) is 2.80. The number of amidine groups is 1. The van der Waals surface area contributed by atoms with Gasteiger partial charge in [0.2, 0.25) is 5.91 Å². The van der Waals surface area contributed by atoms with Gasteiger partial charge in [-0.1, -0.05) is 18.2 Å². The molecule has 0 fully saturated rings. The molecule has 2 heterocycles. The normalized spacial score (nSPS) is 13.9. The molecule has 0 spiro atoms. The molecule has 0 saturated carbocycles. The molecule has 31 heavy (non-hydrogen) atoms. The summed E-state index contributed by atoms with van der Waals surface area (Å²) in [7, 11) is -3.74. The number of nitrogens with one attached hydrogen (secondary N) is 2. The van der Waals surface area contributed by atoms with Gasteiger partial charge in [-0.3, -0.25) is 14.5 Å². The van der Waals surface area contributed by atoms with E-state index in [2.05, 4.69) is 20.0 Å². The van der Waals surface area contributed by atoms with Crippen molar-refractivity contribution >= 4 is 50.2 Å². The minimum atomic E-state index is -3.74. The van der Waals surface area contributed by atoms with E-state index in [1.807, 2.05) is 35.1 Å². The Bertz CT molecular complexity index is 1250. The van der Waals surface area contributed by atoms with Crippen LogP contribution in [0.25, 0.3) is 11.0 Å². The second-order valence-electron chi connectivity index (χ2n) is 7.15. The standard InChI is InChI=1S/C21H23N5O3S2/c1-30-14-20-24-17-8-2-3-9-18(17)26(20)13-21(27)23-15-6-4-7-16(12-15)31(28,29)25-19-10-5-11-22-19/h2-4,6-9,12H,5,10-11,13-14H2,1H3,(H,22,25)(H,23,27). The van der Waals surface area contributed by atoms with E-state index < -0.39 is 10.0 Å². The van der Waals surface area contributed by atoms with Crippen molar-refractivity contribution in [1.82, 2.24) is 14.3 Å². The summed E-state index contributed by atoms with van der Waals surface area (Å²) in [6.45, 7) is 0.720. The van der Waals surface area contributed by atoms with Crippen molar-refractivity contribution in [2.24, 2.45) is 4.99 Å². The number of aromatic nitrogens is 2. The molecule has 0 saturated heterocycles. The largest absolute Gasteiger partial charge is 0.324 e. The average Bonchev–Trinajstić information content (AvgIpc) is 3.36. The number of imidazole rings is 1. The van der Waals surface area contributed by atoms with E-state index in [1.165, 1.54) is 12.1 Å². The molecule has 10 heteroatoms. The van der Waals surface area contributed by atoms with Crippen molar-refractivity contribution < 1.29 is 13.2 Å². The molecule has 4 rings (SSSR count). The Kier molecular flexibility index (Phi) is 6.28. The molecule has 2 N–H and O–H groups in total. The minimum absolute atomic E-state index is 0.0797. The molecule has 8 nitrogen and oxygen atoms in total. The summed E-state index contributed by atoms with van der Waals surface area (Å²) in [5.74, 6) is 1.73. The number of carbonyl (C=O) groups excluding carboxylic acids is 1. The smallest absolute Gasteiger partial charge is 0.262 e. The highest BCUT2D eigenvalue weighted by Crippen LogP contribution is 2.20. The van der Waals surface area contributed by atoms with Crippen LogP contribution in [0.2, 0.25) is 0 Å². The van der Waals surface area contributed by atoms with E-state index in [-0.39, 0.29) is 17.3 Å². The minimum Gasteiger partial charge on any atom is -0.324 e. The maximum absolute atomic E-state index is 12.8. The van der Waals surface area contributed by atoms with Crippen LogP contribution >= 0.6 is 11.8 Å². The van der Waals surface area contributed by atoms with Crippen molar-refractivity contribution in [3.8, 4) is 0 Å². The van der Waals surface area contributed by atoms with Gasteiger partial charge in [0.1, 0.15) is 18.2 Å². The molecule has 2 aromatic carbocycles. The maximum atomic E-state index is 12.8. The highest BCUT2D eigenvalue weighted by molar-refractivity contribution is 7.97. The van der Waals surface area contributed by atoms with Crippen LogP contribution in [0, 0.1) is 0 Å². The molecule has 0 atom stereocenters. The van der Waals surface area contributed by atoms with E-state index in [0.717, 1.165) is 23.3 Å². The summed E-state index contributed by atoms with van der Waals surface area (Å²) in [4.78, 5) is 21.6. The second-order valence-corrected chi connectivity index (χ2v) is 9.70. The second kappa shape index (κ2) is 9.11. The van der Waals surface area contributed by atoms with E-state index in [9.17, 15) is 13.2 Å². The zero-order chi connectivity index (χ0) is 21.8. The maximum Gasteiger partial charge on any atom is 0.262 e. The van der Waals surface area contributed by atoms with Gasteiger partial charge in [-0.15, -0.1) is 0 Å². The van der Waals surface area contributed by atoms with Crippen molar-refractivity contribution in [2.45, 2.75) is 30.0 Å². The van der Waals surface area contributed by atoms with Gasteiger partial charge in [-0.25, -0.2) is 13.4 Å². The molecular formula is C21H23N5O3S2. The van der Waals surface area contributed by atoms with Gasteiger partial charge in [0.05, 0.1) is 21.7 Å². The molecule has 0 bridgehead atoms. The van der Waals surface area contributed by atoms with Crippen molar-refractivity contribution in [1.29, 1.82) is 0 Å². The van der Waals surface area contributed by atoms with Crippen molar-refractivity contribution in [3.05, 3.63) is 54.4 Å². The highest BCUT2D eigenvalue weighted by Gasteiger charge is 2.19. The first kappa shape index (κ1) is 21.4. The van der Waals surface area contributed by atoms with E-state index in [1.54, 1.807) is 23.9 Å². The van der Waals surface area contributed by atoms with Crippen LogP contribution in [0.3, 0.4) is 0 Å². The number of fused-ring (bicyclic) bond motifs is 1. The fourth-order valence-corrected chi connectivity index (χ4v) is 5.08. The lowest BCUT2D eigenvalue weighted by molar-refractivity contribution is -0.116. The van der Waals surface area contributed by atoms with Gasteiger partial charge in [0.15, 0.2) is 0 Å². The van der Waals surface area contributed by atoms with E-state index in [4.69, 9.17) is 0 Å². The summed E-state index contributed by atoms with van der Waals surface area (Å²) >= 11 is 1.63.